The first-order valence-electron chi connectivity index (χ1n) is 8.03. The number of rotatable bonds is 3. The van der Waals surface area contributed by atoms with Crippen LogP contribution in [-0.2, 0) is 10.1 Å². The van der Waals surface area contributed by atoms with Gasteiger partial charge in [0.05, 0.1) is 0 Å². The molecule has 0 radical (unpaired) electrons. The van der Waals surface area contributed by atoms with Crippen LogP contribution in [0.4, 0.5) is 13.2 Å². The zero-order valence-corrected chi connectivity index (χ0v) is 16.1. The van der Waals surface area contributed by atoms with Gasteiger partial charge in [-0.1, -0.05) is 78.9 Å². The molecule has 0 saturated heterocycles. The lowest BCUT2D eigenvalue weighted by atomic mass is 9.85. The molecule has 0 bridgehead atoms. The van der Waals surface area contributed by atoms with E-state index >= 15 is 0 Å². The van der Waals surface area contributed by atoms with E-state index in [-0.39, 0.29) is 5.92 Å². The highest BCUT2D eigenvalue weighted by atomic mass is 32.2. The number of thiol groups is 1. The van der Waals surface area contributed by atoms with E-state index in [0.717, 1.165) is 4.90 Å². The third-order valence-corrected chi connectivity index (χ3v) is 4.80. The zero-order valence-electron chi connectivity index (χ0n) is 14.4. The fourth-order valence-corrected chi connectivity index (χ4v) is 2.86. The van der Waals surface area contributed by atoms with E-state index in [2.05, 4.69) is 91.5 Å². The highest BCUT2D eigenvalue weighted by molar-refractivity contribution is 7.86. The monoisotopic (exact) mass is 426 g/mol. The highest BCUT2D eigenvalue weighted by Crippen LogP contribution is 2.34. The third-order valence-electron chi connectivity index (χ3n) is 3.81. The maximum atomic E-state index is 10.7. The number of alkyl halides is 3. The number of benzene rings is 3. The minimum absolute atomic E-state index is 0.228. The molecule has 3 rings (SSSR count). The zero-order chi connectivity index (χ0) is 20.8. The van der Waals surface area contributed by atoms with Crippen molar-refractivity contribution in [3.8, 4) is 0 Å². The van der Waals surface area contributed by atoms with Gasteiger partial charge in [0, 0.05) is 10.8 Å². The predicted molar refractivity (Wildman–Crippen MR) is 105 cm³/mol. The van der Waals surface area contributed by atoms with Crippen LogP contribution >= 0.6 is 12.6 Å². The van der Waals surface area contributed by atoms with Crippen molar-refractivity contribution in [2.75, 3.05) is 0 Å². The van der Waals surface area contributed by atoms with Crippen LogP contribution in [0.25, 0.3) is 0 Å². The Morgan fingerprint density at radius 1 is 0.750 bits per heavy atom. The molecule has 0 spiro atoms. The second-order valence-electron chi connectivity index (χ2n) is 5.73. The molecule has 0 atom stereocenters. The average molecular weight is 426 g/mol. The summed E-state index contributed by atoms with van der Waals surface area (Å²) in [7, 11) is -5.84. The van der Waals surface area contributed by atoms with Crippen molar-refractivity contribution < 1.29 is 26.1 Å². The van der Waals surface area contributed by atoms with Crippen LogP contribution in [0, 0.1) is 0 Å². The van der Waals surface area contributed by atoms with E-state index < -0.39 is 15.6 Å². The standard InChI is InChI=1S/C19H16S.CHF3O3S/c20-18-14-8-7-13-17(18)19(15-9-3-1-4-10-15)16-11-5-2-6-12-16;2-1(3,4)8(5,6)7/h1-14,19-20H;(H,5,6,7). The Hall–Kier alpha value is -2.29. The molecule has 0 saturated carbocycles. The molecule has 3 nitrogen and oxygen atoms in total. The van der Waals surface area contributed by atoms with Gasteiger partial charge in [0.15, 0.2) is 0 Å². The topological polar surface area (TPSA) is 54.4 Å². The minimum Gasteiger partial charge on any atom is -0.279 e. The van der Waals surface area contributed by atoms with Crippen LogP contribution in [0.3, 0.4) is 0 Å². The van der Waals surface area contributed by atoms with Crippen LogP contribution in [0.5, 0.6) is 0 Å². The van der Waals surface area contributed by atoms with Gasteiger partial charge in [-0.15, -0.1) is 12.6 Å². The summed E-state index contributed by atoms with van der Waals surface area (Å²) in [6.07, 6.45) is 0. The largest absolute Gasteiger partial charge is 0.522 e. The molecule has 1 N–H and O–H groups in total. The first-order valence-corrected chi connectivity index (χ1v) is 9.91. The first-order chi connectivity index (χ1) is 13.1. The summed E-state index contributed by atoms with van der Waals surface area (Å²) in [6, 6.07) is 29.5. The van der Waals surface area contributed by atoms with Crippen LogP contribution in [-0.4, -0.2) is 18.5 Å². The van der Waals surface area contributed by atoms with E-state index in [1.165, 1.54) is 16.7 Å². The van der Waals surface area contributed by atoms with Crippen molar-refractivity contribution in [3.63, 3.8) is 0 Å². The molecule has 0 aliphatic heterocycles. The van der Waals surface area contributed by atoms with Gasteiger partial charge in [-0.2, -0.15) is 21.6 Å². The molecule has 0 unspecified atom stereocenters. The second-order valence-corrected chi connectivity index (χ2v) is 7.63. The summed E-state index contributed by atoms with van der Waals surface area (Å²) in [5.74, 6) is 0.228. The smallest absolute Gasteiger partial charge is 0.279 e. The van der Waals surface area contributed by atoms with Gasteiger partial charge in [-0.05, 0) is 22.8 Å². The molecule has 0 heterocycles. The molecule has 0 aliphatic rings. The Labute approximate surface area is 167 Å². The number of halogens is 3. The Balaban J connectivity index is 0.000000300. The van der Waals surface area contributed by atoms with Crippen molar-refractivity contribution in [2.45, 2.75) is 16.3 Å². The van der Waals surface area contributed by atoms with Gasteiger partial charge in [0.1, 0.15) is 0 Å². The van der Waals surface area contributed by atoms with Crippen molar-refractivity contribution in [3.05, 3.63) is 102 Å². The van der Waals surface area contributed by atoms with Gasteiger partial charge in [0.2, 0.25) is 0 Å². The Morgan fingerprint density at radius 3 is 1.46 bits per heavy atom. The van der Waals surface area contributed by atoms with Crippen LogP contribution in [0.2, 0.25) is 0 Å². The molecule has 3 aromatic rings. The number of hydrogen-bond acceptors (Lipinski definition) is 3. The second kappa shape index (κ2) is 9.27. The van der Waals surface area contributed by atoms with Crippen molar-refractivity contribution in [2.24, 2.45) is 0 Å². The van der Waals surface area contributed by atoms with E-state index in [0.29, 0.717) is 0 Å². The van der Waals surface area contributed by atoms with Gasteiger partial charge in [-0.25, -0.2) is 0 Å². The van der Waals surface area contributed by atoms with Crippen LogP contribution in [0.1, 0.15) is 22.6 Å². The maximum absolute atomic E-state index is 10.7. The molecule has 0 fully saturated rings. The summed E-state index contributed by atoms with van der Waals surface area (Å²) in [4.78, 5) is 1.03. The molecule has 0 amide bonds. The predicted octanol–water partition coefficient (Wildman–Crippen LogP) is 5.55. The van der Waals surface area contributed by atoms with Crippen LogP contribution in [0.15, 0.2) is 89.8 Å². The summed E-state index contributed by atoms with van der Waals surface area (Å²) in [5, 5.41) is 0. The molecule has 28 heavy (non-hydrogen) atoms. The van der Waals surface area contributed by atoms with E-state index in [4.69, 9.17) is 13.0 Å². The lowest BCUT2D eigenvalue weighted by molar-refractivity contribution is -0.0510. The van der Waals surface area contributed by atoms with E-state index in [1.807, 2.05) is 6.07 Å². The highest BCUT2D eigenvalue weighted by Gasteiger charge is 2.44. The van der Waals surface area contributed by atoms with E-state index in [9.17, 15) is 13.2 Å². The third kappa shape index (κ3) is 5.85. The molecular weight excluding hydrogens is 409 g/mol. The average Bonchev–Trinajstić information content (AvgIpc) is 2.64. The van der Waals surface area contributed by atoms with Gasteiger partial charge in [0.25, 0.3) is 0 Å². The fourth-order valence-electron chi connectivity index (χ4n) is 2.57. The molecule has 8 heteroatoms. The van der Waals surface area contributed by atoms with Gasteiger partial charge >= 0.3 is 15.6 Å². The molecule has 3 aromatic carbocycles. The summed E-state index contributed by atoms with van der Waals surface area (Å²) in [6.45, 7) is 0. The Kier molecular flexibility index (Phi) is 7.29. The van der Waals surface area contributed by atoms with Crippen molar-refractivity contribution in [1.82, 2.24) is 0 Å². The maximum Gasteiger partial charge on any atom is 0.522 e. The summed E-state index contributed by atoms with van der Waals surface area (Å²) >= 11 is 4.64. The fraction of sp³-hybridized carbons (Fsp3) is 0.100. The number of hydrogen-bond donors (Lipinski definition) is 2. The molecular formula is C20H17F3O3S2. The SMILES string of the molecule is O=S(=O)(O)C(F)(F)F.Sc1ccccc1C(c1ccccc1)c1ccccc1. The summed E-state index contributed by atoms with van der Waals surface area (Å²) in [5.41, 5.74) is -1.71. The van der Waals surface area contributed by atoms with Crippen molar-refractivity contribution >= 4 is 22.7 Å². The van der Waals surface area contributed by atoms with Crippen LogP contribution < -0.4 is 0 Å². The Bertz CT molecular complexity index is 950. The molecule has 0 aromatic heterocycles. The van der Waals surface area contributed by atoms with Crippen molar-refractivity contribution in [1.29, 1.82) is 0 Å². The molecule has 148 valence electrons. The van der Waals surface area contributed by atoms with Gasteiger partial charge in [-0.3, -0.25) is 4.55 Å². The van der Waals surface area contributed by atoms with Gasteiger partial charge < -0.3 is 0 Å². The lowest BCUT2D eigenvalue weighted by Gasteiger charge is -2.20. The Morgan fingerprint density at radius 2 is 1.11 bits per heavy atom. The minimum atomic E-state index is -5.84. The molecule has 0 aliphatic carbocycles. The quantitative estimate of drug-likeness (QED) is 0.250. The first kappa shape index (κ1) is 22.0. The summed E-state index contributed by atoms with van der Waals surface area (Å²) < 4.78 is 57.5. The van der Waals surface area contributed by atoms with E-state index in [1.54, 1.807) is 0 Å². The lowest BCUT2D eigenvalue weighted by Crippen LogP contribution is -2.21. The normalized spacial score (nSPS) is 11.6.